The minimum absolute atomic E-state index is 0.876. The van der Waals surface area contributed by atoms with Gasteiger partial charge in [0.05, 0.1) is 10.2 Å². The number of thiazole rings is 1. The van der Waals surface area contributed by atoms with Gasteiger partial charge in [-0.2, -0.15) is 0 Å². The Balaban J connectivity index is 1.02. The van der Waals surface area contributed by atoms with Crippen molar-refractivity contribution in [3.05, 3.63) is 206 Å². The molecule has 0 bridgehead atoms. The molecule has 0 unspecified atom stereocenters. The maximum atomic E-state index is 6.70. The molecule has 9 aromatic carbocycles. The van der Waals surface area contributed by atoms with E-state index in [1.165, 1.54) is 33.0 Å². The van der Waals surface area contributed by atoms with Gasteiger partial charge in [-0.3, -0.25) is 0 Å². The average molecular weight is 747 g/mol. The zero-order chi connectivity index (χ0) is 37.7. The highest BCUT2D eigenvalue weighted by atomic mass is 32.1. The number of benzene rings is 9. The molecule has 11 rings (SSSR count). The number of para-hydroxylation sites is 1. The molecule has 0 atom stereocenters. The minimum atomic E-state index is 0.876. The molecule has 0 aliphatic heterocycles. The average Bonchev–Trinajstić information content (AvgIpc) is 3.90. The molecule has 0 aliphatic rings. The summed E-state index contributed by atoms with van der Waals surface area (Å²) in [5.74, 6) is 0. The topological polar surface area (TPSA) is 29.3 Å². The lowest BCUT2D eigenvalue weighted by Gasteiger charge is -2.26. The smallest absolute Gasteiger partial charge is 0.144 e. The molecule has 4 heteroatoms. The van der Waals surface area contributed by atoms with E-state index in [1.807, 2.05) is 6.07 Å². The van der Waals surface area contributed by atoms with Crippen molar-refractivity contribution >= 4 is 71.3 Å². The fourth-order valence-electron chi connectivity index (χ4n) is 8.03. The van der Waals surface area contributed by atoms with Crippen LogP contribution in [-0.2, 0) is 0 Å². The maximum absolute atomic E-state index is 6.70. The Morgan fingerprint density at radius 2 is 0.947 bits per heavy atom. The number of nitrogens with zero attached hydrogens (tertiary/aromatic N) is 2. The number of hydrogen-bond donors (Lipinski definition) is 0. The van der Waals surface area contributed by atoms with Crippen LogP contribution in [0, 0.1) is 0 Å². The van der Waals surface area contributed by atoms with Crippen molar-refractivity contribution in [1.82, 2.24) is 4.98 Å². The molecule has 3 nitrogen and oxygen atoms in total. The van der Waals surface area contributed by atoms with Crippen LogP contribution in [0.15, 0.2) is 211 Å². The van der Waals surface area contributed by atoms with E-state index in [2.05, 4.69) is 205 Å². The Morgan fingerprint density at radius 3 is 1.63 bits per heavy atom. The molecule has 0 N–H and O–H groups in total. The van der Waals surface area contributed by atoms with Crippen LogP contribution in [0.1, 0.15) is 0 Å². The van der Waals surface area contributed by atoms with Crippen molar-refractivity contribution in [1.29, 1.82) is 0 Å². The Bertz CT molecular complexity index is 3200. The van der Waals surface area contributed by atoms with Crippen molar-refractivity contribution in [3.8, 4) is 44.0 Å². The second-order valence-corrected chi connectivity index (χ2v) is 15.4. The molecule has 0 fully saturated rings. The number of aromatic nitrogens is 1. The lowest BCUT2D eigenvalue weighted by molar-refractivity contribution is 0.670. The molecule has 0 radical (unpaired) electrons. The van der Waals surface area contributed by atoms with E-state index in [0.717, 1.165) is 70.9 Å². The largest absolute Gasteiger partial charge is 0.455 e. The highest BCUT2D eigenvalue weighted by Gasteiger charge is 2.21. The highest BCUT2D eigenvalue weighted by Crippen LogP contribution is 2.45. The standard InChI is InChI=1S/C53H34N2OS/c1-3-11-35(12-4-1)38-19-21-41(22-20-38)53-54-48-34-47(51-50(52(48)57-53)46-17-9-10-18-49(46)56-51)40-26-30-44(31-27-40)55(45-32-25-37-15-7-8-16-42(37)33-45)43-28-23-39(24-29-43)36-13-5-2-6-14-36/h1-34H. The number of fused-ring (bicyclic) bond motifs is 6. The first-order chi connectivity index (χ1) is 28.2. The molecule has 0 saturated carbocycles. The number of furan rings is 1. The quantitative estimate of drug-likeness (QED) is 0.163. The fourth-order valence-corrected chi connectivity index (χ4v) is 9.14. The van der Waals surface area contributed by atoms with Gasteiger partial charge in [-0.25, -0.2) is 4.98 Å². The van der Waals surface area contributed by atoms with E-state index in [4.69, 9.17) is 9.40 Å². The summed E-state index contributed by atoms with van der Waals surface area (Å²) < 4.78 is 7.84. The zero-order valence-corrected chi connectivity index (χ0v) is 31.7. The van der Waals surface area contributed by atoms with E-state index < -0.39 is 0 Å². The predicted octanol–water partition coefficient (Wildman–Crippen LogP) is 15.5. The lowest BCUT2D eigenvalue weighted by atomic mass is 10.0. The van der Waals surface area contributed by atoms with Crippen LogP contribution < -0.4 is 4.90 Å². The molecule has 57 heavy (non-hydrogen) atoms. The van der Waals surface area contributed by atoms with E-state index in [-0.39, 0.29) is 0 Å². The van der Waals surface area contributed by atoms with Crippen LogP contribution >= 0.6 is 11.3 Å². The molecule has 0 spiro atoms. The monoisotopic (exact) mass is 746 g/mol. The first kappa shape index (κ1) is 33.1. The highest BCUT2D eigenvalue weighted by molar-refractivity contribution is 7.22. The van der Waals surface area contributed by atoms with E-state index in [0.29, 0.717) is 0 Å². The van der Waals surface area contributed by atoms with Gasteiger partial charge in [-0.1, -0.05) is 158 Å². The van der Waals surface area contributed by atoms with E-state index >= 15 is 0 Å². The number of anilines is 3. The van der Waals surface area contributed by atoms with Crippen LogP contribution in [0.25, 0.3) is 86.9 Å². The summed E-state index contributed by atoms with van der Waals surface area (Å²) in [4.78, 5) is 7.59. The van der Waals surface area contributed by atoms with Gasteiger partial charge >= 0.3 is 0 Å². The third-order valence-corrected chi connectivity index (χ3v) is 12.0. The van der Waals surface area contributed by atoms with Gasteiger partial charge in [-0.15, -0.1) is 11.3 Å². The van der Waals surface area contributed by atoms with Crippen LogP contribution in [-0.4, -0.2) is 4.98 Å². The zero-order valence-electron chi connectivity index (χ0n) is 30.8. The summed E-state index contributed by atoms with van der Waals surface area (Å²) in [7, 11) is 0. The molecule has 268 valence electrons. The van der Waals surface area contributed by atoms with Crippen molar-refractivity contribution in [3.63, 3.8) is 0 Å². The second kappa shape index (κ2) is 13.8. The van der Waals surface area contributed by atoms with Crippen LogP contribution in [0.4, 0.5) is 17.1 Å². The summed E-state index contributed by atoms with van der Waals surface area (Å²) in [5, 5.41) is 5.63. The molecule has 2 aromatic heterocycles. The van der Waals surface area contributed by atoms with Gasteiger partial charge in [0.1, 0.15) is 16.2 Å². The van der Waals surface area contributed by atoms with Gasteiger partial charge in [0, 0.05) is 39.0 Å². The van der Waals surface area contributed by atoms with E-state index in [1.54, 1.807) is 11.3 Å². The lowest BCUT2D eigenvalue weighted by Crippen LogP contribution is -2.09. The van der Waals surface area contributed by atoms with Gasteiger partial charge in [0.2, 0.25) is 0 Å². The summed E-state index contributed by atoms with van der Waals surface area (Å²) in [6, 6.07) is 73.2. The Hall–Kier alpha value is -7.27. The molecule has 0 amide bonds. The summed E-state index contributed by atoms with van der Waals surface area (Å²) in [6.07, 6.45) is 0. The molecular formula is C53H34N2OS. The second-order valence-electron chi connectivity index (χ2n) is 14.4. The Morgan fingerprint density at radius 1 is 0.421 bits per heavy atom. The number of rotatable bonds is 7. The van der Waals surface area contributed by atoms with Crippen molar-refractivity contribution in [2.75, 3.05) is 4.90 Å². The van der Waals surface area contributed by atoms with Gasteiger partial charge in [-0.05, 0) is 87.1 Å². The minimum Gasteiger partial charge on any atom is -0.455 e. The molecule has 11 aromatic rings. The third kappa shape index (κ3) is 5.95. The Labute approximate surface area is 334 Å². The van der Waals surface area contributed by atoms with Crippen molar-refractivity contribution < 1.29 is 4.42 Å². The number of hydrogen-bond acceptors (Lipinski definition) is 4. The first-order valence-electron chi connectivity index (χ1n) is 19.2. The first-order valence-corrected chi connectivity index (χ1v) is 20.0. The van der Waals surface area contributed by atoms with Crippen LogP contribution in [0.2, 0.25) is 0 Å². The summed E-state index contributed by atoms with van der Waals surface area (Å²) >= 11 is 1.73. The Kier molecular flexibility index (Phi) is 8.01. The van der Waals surface area contributed by atoms with Gasteiger partial charge < -0.3 is 9.32 Å². The SMILES string of the molecule is c1ccc(-c2ccc(-c3nc4cc(-c5ccc(N(c6ccc(-c7ccccc7)cc6)c6ccc7ccccc7c6)cc5)c5oc6ccccc6c5c4s3)cc2)cc1. The predicted molar refractivity (Wildman–Crippen MR) is 241 cm³/mol. The maximum Gasteiger partial charge on any atom is 0.144 e. The molecule has 0 aliphatic carbocycles. The summed E-state index contributed by atoms with van der Waals surface area (Å²) in [6.45, 7) is 0. The van der Waals surface area contributed by atoms with Crippen LogP contribution in [0.5, 0.6) is 0 Å². The molecular weight excluding hydrogens is 713 g/mol. The molecule has 2 heterocycles. The third-order valence-electron chi connectivity index (χ3n) is 10.9. The fraction of sp³-hybridized carbons (Fsp3) is 0. The normalized spacial score (nSPS) is 11.5. The molecule has 0 saturated heterocycles. The van der Waals surface area contributed by atoms with Gasteiger partial charge in [0.25, 0.3) is 0 Å². The van der Waals surface area contributed by atoms with Gasteiger partial charge in [0.15, 0.2) is 0 Å². The van der Waals surface area contributed by atoms with E-state index in [9.17, 15) is 0 Å². The van der Waals surface area contributed by atoms with Crippen molar-refractivity contribution in [2.45, 2.75) is 0 Å². The van der Waals surface area contributed by atoms with Crippen LogP contribution in [0.3, 0.4) is 0 Å². The van der Waals surface area contributed by atoms with Crippen molar-refractivity contribution in [2.24, 2.45) is 0 Å². The summed E-state index contributed by atoms with van der Waals surface area (Å²) in [5.41, 5.74) is 14.0.